The fourth-order valence-corrected chi connectivity index (χ4v) is 1.46. The van der Waals surface area contributed by atoms with Crippen LogP contribution in [0.2, 0.25) is 0 Å². The maximum atomic E-state index is 10.5. The standard InChI is InChI=1S/C10H12N4O2/c1-7(6-10(15)16)12-8-3-5-14-9(13-8)2-4-11-14/h2-5,7H,6H2,1H3,(H,12,13)(H,15,16). The molecule has 0 aromatic carbocycles. The van der Waals surface area contributed by atoms with Gasteiger partial charge in [-0.2, -0.15) is 5.10 Å². The van der Waals surface area contributed by atoms with E-state index < -0.39 is 5.97 Å². The van der Waals surface area contributed by atoms with Gasteiger partial charge in [-0.15, -0.1) is 0 Å². The molecule has 0 aliphatic rings. The van der Waals surface area contributed by atoms with Crippen LogP contribution in [0.3, 0.4) is 0 Å². The number of nitrogens with zero attached hydrogens (tertiary/aromatic N) is 3. The van der Waals surface area contributed by atoms with Crippen LogP contribution >= 0.6 is 0 Å². The first-order chi connectivity index (χ1) is 7.65. The highest BCUT2D eigenvalue weighted by Crippen LogP contribution is 2.08. The highest BCUT2D eigenvalue weighted by atomic mass is 16.4. The van der Waals surface area contributed by atoms with Crippen LogP contribution in [-0.4, -0.2) is 31.7 Å². The second kappa shape index (κ2) is 4.18. The summed E-state index contributed by atoms with van der Waals surface area (Å²) in [6, 6.07) is 3.39. The van der Waals surface area contributed by atoms with Crippen LogP contribution in [0, 0.1) is 0 Å². The lowest BCUT2D eigenvalue weighted by atomic mass is 10.2. The number of hydrogen-bond acceptors (Lipinski definition) is 4. The van der Waals surface area contributed by atoms with Crippen molar-refractivity contribution < 1.29 is 9.90 Å². The van der Waals surface area contributed by atoms with Crippen molar-refractivity contribution in [1.82, 2.24) is 14.6 Å². The Kier molecular flexibility index (Phi) is 2.72. The summed E-state index contributed by atoms with van der Waals surface area (Å²) in [6.07, 6.45) is 3.50. The first kappa shape index (κ1) is 10.4. The zero-order valence-electron chi connectivity index (χ0n) is 8.79. The Morgan fingerprint density at radius 1 is 1.62 bits per heavy atom. The van der Waals surface area contributed by atoms with Crippen molar-refractivity contribution >= 4 is 17.4 Å². The number of fused-ring (bicyclic) bond motifs is 1. The molecule has 16 heavy (non-hydrogen) atoms. The van der Waals surface area contributed by atoms with Crippen molar-refractivity contribution in [2.24, 2.45) is 0 Å². The minimum absolute atomic E-state index is 0.0616. The Morgan fingerprint density at radius 2 is 2.44 bits per heavy atom. The summed E-state index contributed by atoms with van der Waals surface area (Å²) in [5.74, 6) is -0.174. The molecule has 1 atom stereocenters. The van der Waals surface area contributed by atoms with E-state index in [9.17, 15) is 4.79 Å². The van der Waals surface area contributed by atoms with Crippen molar-refractivity contribution in [2.75, 3.05) is 5.32 Å². The van der Waals surface area contributed by atoms with Crippen LogP contribution < -0.4 is 5.32 Å². The summed E-state index contributed by atoms with van der Waals surface area (Å²) in [5, 5.41) is 15.7. The number of carboxylic acid groups (broad SMARTS) is 1. The lowest BCUT2D eigenvalue weighted by Crippen LogP contribution is -2.20. The number of carbonyl (C=O) groups is 1. The highest BCUT2D eigenvalue weighted by molar-refractivity contribution is 5.68. The van der Waals surface area contributed by atoms with Gasteiger partial charge in [0.25, 0.3) is 0 Å². The molecule has 0 spiro atoms. The SMILES string of the molecule is CC(CC(=O)O)Nc1ccn2nccc2n1. The monoisotopic (exact) mass is 220 g/mol. The number of hydrogen-bond donors (Lipinski definition) is 2. The Bertz CT molecular complexity index is 508. The maximum absolute atomic E-state index is 10.5. The van der Waals surface area contributed by atoms with Gasteiger partial charge >= 0.3 is 5.97 Å². The highest BCUT2D eigenvalue weighted by Gasteiger charge is 2.08. The van der Waals surface area contributed by atoms with Gasteiger partial charge in [0.05, 0.1) is 12.6 Å². The molecule has 0 radical (unpaired) electrons. The Hall–Kier alpha value is -2.11. The number of nitrogens with one attached hydrogen (secondary N) is 1. The molecule has 2 aromatic heterocycles. The van der Waals surface area contributed by atoms with Crippen molar-refractivity contribution in [1.29, 1.82) is 0 Å². The molecule has 2 heterocycles. The van der Waals surface area contributed by atoms with Crippen LogP contribution in [0.5, 0.6) is 0 Å². The summed E-state index contributed by atoms with van der Waals surface area (Å²) < 4.78 is 1.65. The van der Waals surface area contributed by atoms with Crippen LogP contribution in [0.15, 0.2) is 24.5 Å². The normalized spacial score (nSPS) is 12.6. The molecule has 6 nitrogen and oxygen atoms in total. The third kappa shape index (κ3) is 2.28. The molecule has 6 heteroatoms. The third-order valence-corrected chi connectivity index (χ3v) is 2.13. The van der Waals surface area contributed by atoms with E-state index >= 15 is 0 Å². The van der Waals surface area contributed by atoms with Gasteiger partial charge in [0.15, 0.2) is 5.65 Å². The first-order valence-electron chi connectivity index (χ1n) is 4.94. The number of anilines is 1. The predicted octanol–water partition coefficient (Wildman–Crippen LogP) is 1.00. The molecule has 2 N–H and O–H groups in total. The Balaban J connectivity index is 2.11. The fourth-order valence-electron chi connectivity index (χ4n) is 1.46. The van der Waals surface area contributed by atoms with E-state index in [-0.39, 0.29) is 12.5 Å². The number of rotatable bonds is 4. The van der Waals surface area contributed by atoms with Crippen LogP contribution in [0.4, 0.5) is 5.82 Å². The number of aromatic nitrogens is 3. The molecule has 2 aromatic rings. The van der Waals surface area contributed by atoms with E-state index in [2.05, 4.69) is 15.4 Å². The Morgan fingerprint density at radius 3 is 3.19 bits per heavy atom. The van der Waals surface area contributed by atoms with Gasteiger partial charge in [0.1, 0.15) is 5.82 Å². The quantitative estimate of drug-likeness (QED) is 0.803. The van der Waals surface area contributed by atoms with Gasteiger partial charge in [-0.1, -0.05) is 0 Å². The second-order valence-corrected chi connectivity index (χ2v) is 3.59. The van der Waals surface area contributed by atoms with E-state index in [0.29, 0.717) is 5.82 Å². The molecule has 1 unspecified atom stereocenters. The molecule has 2 rings (SSSR count). The van der Waals surface area contributed by atoms with Gasteiger partial charge in [-0.05, 0) is 13.0 Å². The molecule has 0 aliphatic carbocycles. The molecule has 0 amide bonds. The zero-order valence-corrected chi connectivity index (χ0v) is 8.79. The molecule has 0 aliphatic heterocycles. The molecular formula is C10H12N4O2. The lowest BCUT2D eigenvalue weighted by molar-refractivity contribution is -0.137. The van der Waals surface area contributed by atoms with Gasteiger partial charge in [0, 0.05) is 18.3 Å². The Labute approximate surface area is 91.9 Å². The first-order valence-corrected chi connectivity index (χ1v) is 4.94. The lowest BCUT2D eigenvalue weighted by Gasteiger charge is -2.11. The van der Waals surface area contributed by atoms with E-state index in [4.69, 9.17) is 5.11 Å². The summed E-state index contributed by atoms with van der Waals surface area (Å²) in [4.78, 5) is 14.8. The average molecular weight is 220 g/mol. The van der Waals surface area contributed by atoms with Crippen LogP contribution in [0.25, 0.3) is 5.65 Å². The summed E-state index contributed by atoms with van der Waals surface area (Å²) in [7, 11) is 0. The smallest absolute Gasteiger partial charge is 0.305 e. The van der Waals surface area contributed by atoms with E-state index in [1.165, 1.54) is 0 Å². The van der Waals surface area contributed by atoms with Gasteiger partial charge in [-0.25, -0.2) is 9.50 Å². The van der Waals surface area contributed by atoms with E-state index in [1.807, 2.05) is 0 Å². The second-order valence-electron chi connectivity index (χ2n) is 3.59. The van der Waals surface area contributed by atoms with Crippen molar-refractivity contribution in [3.05, 3.63) is 24.5 Å². The number of carboxylic acids is 1. The fraction of sp³-hybridized carbons (Fsp3) is 0.300. The summed E-state index contributed by atoms with van der Waals surface area (Å²) >= 11 is 0. The topological polar surface area (TPSA) is 79.5 Å². The zero-order chi connectivity index (χ0) is 11.5. The van der Waals surface area contributed by atoms with Crippen LogP contribution in [-0.2, 0) is 4.79 Å². The molecule has 0 bridgehead atoms. The van der Waals surface area contributed by atoms with E-state index in [0.717, 1.165) is 5.65 Å². The summed E-state index contributed by atoms with van der Waals surface area (Å²) in [5.41, 5.74) is 0.729. The summed E-state index contributed by atoms with van der Waals surface area (Å²) in [6.45, 7) is 1.80. The molecule has 0 saturated carbocycles. The molecular weight excluding hydrogens is 208 g/mol. The van der Waals surface area contributed by atoms with Gasteiger partial charge in [-0.3, -0.25) is 4.79 Å². The van der Waals surface area contributed by atoms with Crippen molar-refractivity contribution in [3.63, 3.8) is 0 Å². The van der Waals surface area contributed by atoms with Crippen LogP contribution in [0.1, 0.15) is 13.3 Å². The minimum atomic E-state index is -0.828. The molecule has 84 valence electrons. The third-order valence-electron chi connectivity index (χ3n) is 2.13. The predicted molar refractivity (Wildman–Crippen MR) is 58.3 cm³/mol. The number of aliphatic carboxylic acids is 1. The molecule has 0 fully saturated rings. The van der Waals surface area contributed by atoms with Crippen molar-refractivity contribution in [2.45, 2.75) is 19.4 Å². The maximum Gasteiger partial charge on any atom is 0.305 e. The van der Waals surface area contributed by atoms with Gasteiger partial charge in [0.2, 0.25) is 0 Å². The minimum Gasteiger partial charge on any atom is -0.481 e. The molecule has 0 saturated heterocycles. The van der Waals surface area contributed by atoms with Gasteiger partial charge < -0.3 is 10.4 Å². The van der Waals surface area contributed by atoms with E-state index in [1.54, 1.807) is 36.0 Å². The average Bonchev–Trinajstić information content (AvgIpc) is 2.63. The van der Waals surface area contributed by atoms with Crippen molar-refractivity contribution in [3.8, 4) is 0 Å². The largest absolute Gasteiger partial charge is 0.481 e.